The third-order valence-corrected chi connectivity index (χ3v) is 4.52. The van der Waals surface area contributed by atoms with Crippen LogP contribution in [-0.4, -0.2) is 32.2 Å². The fraction of sp³-hybridized carbons (Fsp3) is 0.0952. The third-order valence-electron chi connectivity index (χ3n) is 3.86. The summed E-state index contributed by atoms with van der Waals surface area (Å²) in [4.78, 5) is 28.2. The van der Waals surface area contributed by atoms with E-state index in [4.69, 9.17) is 9.29 Å². The van der Waals surface area contributed by atoms with Crippen LogP contribution in [0.1, 0.15) is 15.9 Å². The number of esters is 1. The van der Waals surface area contributed by atoms with Crippen LogP contribution in [0.4, 0.5) is 0 Å². The maximum atomic E-state index is 12.2. The van der Waals surface area contributed by atoms with Crippen molar-refractivity contribution in [2.24, 2.45) is 0 Å². The molecule has 0 aliphatic heterocycles. The maximum absolute atomic E-state index is 12.2. The second kappa shape index (κ2) is 9.59. The molecule has 3 aromatic rings. The van der Waals surface area contributed by atoms with Crippen LogP contribution < -0.4 is 5.32 Å². The van der Waals surface area contributed by atoms with Crippen molar-refractivity contribution in [2.75, 3.05) is 6.54 Å². The Hall–Kier alpha value is -3.54. The quantitative estimate of drug-likeness (QED) is 0.290. The molecule has 0 aliphatic rings. The van der Waals surface area contributed by atoms with E-state index in [1.807, 2.05) is 30.3 Å². The molecule has 1 heterocycles. The van der Waals surface area contributed by atoms with Gasteiger partial charge in [0.15, 0.2) is 11.1 Å². The van der Waals surface area contributed by atoms with E-state index in [9.17, 15) is 13.8 Å². The Kier molecular flexibility index (Phi) is 6.68. The van der Waals surface area contributed by atoms with Crippen molar-refractivity contribution in [1.29, 1.82) is 0 Å². The van der Waals surface area contributed by atoms with Crippen molar-refractivity contribution < 1.29 is 23.1 Å². The molecule has 3 rings (SSSR count). The minimum Gasteiger partial charge on any atom is -0.451 e. The molecule has 2 aromatic carbocycles. The minimum absolute atomic E-state index is 0.0280. The van der Waals surface area contributed by atoms with Gasteiger partial charge in [-0.1, -0.05) is 42.3 Å². The average Bonchev–Trinajstić information content (AvgIpc) is 2.75. The molecule has 0 radical (unpaired) electrons. The first kappa shape index (κ1) is 20.2. The molecular weight excluding hydrogens is 392 g/mol. The van der Waals surface area contributed by atoms with Gasteiger partial charge in [0.05, 0.1) is 22.5 Å². The fourth-order valence-corrected chi connectivity index (χ4v) is 2.83. The van der Waals surface area contributed by atoms with Gasteiger partial charge in [0, 0.05) is 17.5 Å². The highest BCUT2D eigenvalue weighted by Gasteiger charge is 2.08. The van der Waals surface area contributed by atoms with Crippen molar-refractivity contribution in [3.63, 3.8) is 0 Å². The number of carbonyl (C=O) groups is 2. The molecule has 29 heavy (non-hydrogen) atoms. The van der Waals surface area contributed by atoms with Crippen LogP contribution in [0.2, 0.25) is 0 Å². The zero-order valence-electron chi connectivity index (χ0n) is 15.1. The average molecular weight is 408 g/mol. The Labute approximate surface area is 169 Å². The maximum Gasteiger partial charge on any atom is 0.384 e. The van der Waals surface area contributed by atoms with Crippen molar-refractivity contribution in [3.05, 3.63) is 71.9 Å². The van der Waals surface area contributed by atoms with Crippen molar-refractivity contribution in [2.45, 2.75) is 11.5 Å². The van der Waals surface area contributed by atoms with Gasteiger partial charge in [-0.25, -0.2) is 9.00 Å². The Bertz CT molecular complexity index is 1140. The summed E-state index contributed by atoms with van der Waals surface area (Å²) in [6.07, 6.45) is 1.36. The van der Waals surface area contributed by atoms with Crippen molar-refractivity contribution >= 4 is 33.9 Å². The lowest BCUT2D eigenvalue weighted by atomic mass is 10.1. The van der Waals surface area contributed by atoms with Gasteiger partial charge < -0.3 is 14.6 Å². The zero-order valence-corrected chi connectivity index (χ0v) is 15.9. The summed E-state index contributed by atoms with van der Waals surface area (Å²) in [5.41, 5.74) is 1.67. The molecule has 1 amide bonds. The van der Waals surface area contributed by atoms with Gasteiger partial charge in [0.1, 0.15) is 6.61 Å². The van der Waals surface area contributed by atoms with Gasteiger partial charge in [0.25, 0.3) is 5.91 Å². The van der Waals surface area contributed by atoms with Gasteiger partial charge in [-0.05, 0) is 23.8 Å². The molecule has 8 heteroatoms. The smallest absolute Gasteiger partial charge is 0.384 e. The van der Waals surface area contributed by atoms with Crippen molar-refractivity contribution in [1.82, 2.24) is 10.3 Å². The normalized spacial score (nSPS) is 11.2. The molecule has 2 N–H and O–H groups in total. The summed E-state index contributed by atoms with van der Waals surface area (Å²) in [6.45, 7) is 0.106. The van der Waals surface area contributed by atoms with E-state index in [0.29, 0.717) is 16.5 Å². The lowest BCUT2D eigenvalue weighted by molar-refractivity contribution is -0.137. The molecule has 1 aromatic heterocycles. The first-order valence-electron chi connectivity index (χ1n) is 8.51. The highest BCUT2D eigenvalue weighted by Crippen LogP contribution is 2.17. The van der Waals surface area contributed by atoms with E-state index in [1.54, 1.807) is 12.1 Å². The van der Waals surface area contributed by atoms with Gasteiger partial charge in [0.2, 0.25) is 0 Å². The highest BCUT2D eigenvalue weighted by molar-refractivity contribution is 7.79. The summed E-state index contributed by atoms with van der Waals surface area (Å²) >= 11 is -2.09. The predicted molar refractivity (Wildman–Crippen MR) is 107 cm³/mol. The topological polar surface area (TPSA) is 106 Å². The molecule has 0 bridgehead atoms. The first-order chi connectivity index (χ1) is 14.0. The van der Waals surface area contributed by atoms with E-state index in [-0.39, 0.29) is 18.0 Å². The largest absolute Gasteiger partial charge is 0.451 e. The number of fused-ring (bicyclic) bond motifs is 1. The highest BCUT2D eigenvalue weighted by atomic mass is 32.2. The standard InChI is InChI=1S/C21H16N2O5S/c24-20(28-14-15-5-2-1-3-6-15)7-4-10-22-21(25)17-11-16-8-9-18(29(26)27)12-19(16)23-13-17/h1-3,5-6,8-9,11-13H,10,14H2,(H,22,25)(H,26,27). The summed E-state index contributed by atoms with van der Waals surface area (Å²) in [6, 6.07) is 15.4. The van der Waals surface area contributed by atoms with Crippen LogP contribution in [-0.2, 0) is 27.2 Å². The Balaban J connectivity index is 1.53. The van der Waals surface area contributed by atoms with E-state index in [2.05, 4.69) is 22.1 Å². The van der Waals surface area contributed by atoms with Crippen LogP contribution in [0.3, 0.4) is 0 Å². The van der Waals surface area contributed by atoms with Gasteiger partial charge in [-0.3, -0.25) is 9.78 Å². The number of rotatable bonds is 5. The number of hydrogen-bond acceptors (Lipinski definition) is 5. The summed E-state index contributed by atoms with van der Waals surface area (Å²) in [5, 5.41) is 3.23. The molecule has 1 unspecified atom stereocenters. The molecule has 1 atom stereocenters. The van der Waals surface area contributed by atoms with Crippen LogP contribution in [0, 0.1) is 11.8 Å². The Morgan fingerprint density at radius 1 is 1.14 bits per heavy atom. The van der Waals surface area contributed by atoms with Gasteiger partial charge in [-0.2, -0.15) is 0 Å². The molecule has 0 spiro atoms. The van der Waals surface area contributed by atoms with E-state index in [0.717, 1.165) is 5.56 Å². The number of ether oxygens (including phenoxy) is 1. The second-order valence-corrected chi connectivity index (χ2v) is 6.84. The number of carbonyl (C=O) groups excluding carboxylic acids is 2. The van der Waals surface area contributed by atoms with E-state index >= 15 is 0 Å². The molecule has 7 nitrogen and oxygen atoms in total. The first-order valence-corrected chi connectivity index (χ1v) is 9.62. The summed E-state index contributed by atoms with van der Waals surface area (Å²) in [7, 11) is 0. The summed E-state index contributed by atoms with van der Waals surface area (Å²) < 4.78 is 25.2. The summed E-state index contributed by atoms with van der Waals surface area (Å²) in [5.74, 6) is 3.78. The van der Waals surface area contributed by atoms with Crippen LogP contribution in [0.15, 0.2) is 65.7 Å². The number of amides is 1. The van der Waals surface area contributed by atoms with Crippen LogP contribution >= 0.6 is 0 Å². The van der Waals surface area contributed by atoms with E-state index < -0.39 is 23.0 Å². The number of nitrogens with zero attached hydrogens (tertiary/aromatic N) is 1. The number of hydrogen-bond donors (Lipinski definition) is 2. The molecule has 0 saturated carbocycles. The number of benzene rings is 2. The number of nitrogens with one attached hydrogen (secondary N) is 1. The molecule has 0 aliphatic carbocycles. The fourth-order valence-electron chi connectivity index (χ4n) is 2.44. The predicted octanol–water partition coefficient (Wildman–Crippen LogP) is 2.29. The van der Waals surface area contributed by atoms with Gasteiger partial charge >= 0.3 is 5.97 Å². The monoisotopic (exact) mass is 408 g/mol. The van der Waals surface area contributed by atoms with Crippen LogP contribution in [0.5, 0.6) is 0 Å². The van der Waals surface area contributed by atoms with E-state index in [1.165, 1.54) is 18.3 Å². The lowest BCUT2D eigenvalue weighted by Gasteiger charge is -2.04. The Morgan fingerprint density at radius 3 is 2.69 bits per heavy atom. The zero-order chi connectivity index (χ0) is 20.6. The lowest BCUT2D eigenvalue weighted by Crippen LogP contribution is -2.23. The number of pyridine rings is 1. The number of aromatic nitrogens is 1. The minimum atomic E-state index is -2.09. The molecular formula is C21H16N2O5S. The third kappa shape index (κ3) is 5.72. The van der Waals surface area contributed by atoms with Crippen LogP contribution in [0.25, 0.3) is 10.9 Å². The molecule has 146 valence electrons. The SMILES string of the molecule is O=C(C#CCNC(=O)c1cnc2cc(S(=O)O)ccc2c1)OCc1ccccc1. The Morgan fingerprint density at radius 2 is 1.93 bits per heavy atom. The second-order valence-electron chi connectivity index (χ2n) is 5.87. The molecule has 0 fully saturated rings. The van der Waals surface area contributed by atoms with Gasteiger partial charge in [-0.15, -0.1) is 0 Å². The molecule has 0 saturated heterocycles. The van der Waals surface area contributed by atoms with Crippen molar-refractivity contribution in [3.8, 4) is 11.8 Å².